The monoisotopic (exact) mass is 311 g/mol. The first-order valence-corrected chi connectivity index (χ1v) is 8.68. The van der Waals surface area contributed by atoms with E-state index in [1.807, 2.05) is 0 Å². The van der Waals surface area contributed by atoms with Gasteiger partial charge in [-0.25, -0.2) is 4.98 Å². The molecule has 4 nitrogen and oxygen atoms in total. The Morgan fingerprint density at radius 2 is 2.19 bits per heavy atom. The molecular formula is C16H26ClN3O. The molecule has 2 fully saturated rings. The van der Waals surface area contributed by atoms with E-state index in [9.17, 15) is 0 Å². The molecule has 0 unspecified atom stereocenters. The maximum absolute atomic E-state index is 6.29. The Hall–Kier alpha value is -0.580. The number of nitrogens with zero attached hydrogens (tertiary/aromatic N) is 2. The van der Waals surface area contributed by atoms with E-state index in [1.54, 1.807) is 0 Å². The number of morpholine rings is 1. The quantitative estimate of drug-likeness (QED) is 0.904. The molecular weight excluding hydrogens is 286 g/mol. The second-order valence-corrected chi connectivity index (χ2v) is 6.86. The first-order chi connectivity index (χ1) is 10.2. The van der Waals surface area contributed by atoms with Gasteiger partial charge in [-0.15, -0.1) is 0 Å². The number of aromatic nitrogens is 2. The van der Waals surface area contributed by atoms with Gasteiger partial charge in [0.05, 0.1) is 17.9 Å². The molecule has 0 aromatic carbocycles. The van der Waals surface area contributed by atoms with Gasteiger partial charge in [0.1, 0.15) is 5.82 Å². The predicted octanol–water partition coefficient (Wildman–Crippen LogP) is 3.55. The highest BCUT2D eigenvalue weighted by Crippen LogP contribution is 2.36. The molecule has 3 rings (SSSR count). The van der Waals surface area contributed by atoms with Crippen LogP contribution in [0.2, 0.25) is 5.15 Å². The number of aryl methyl sites for hydroxylation is 1. The van der Waals surface area contributed by atoms with Crippen LogP contribution < -0.4 is 0 Å². The number of rotatable bonds is 5. The number of H-pyrrole nitrogens is 1. The van der Waals surface area contributed by atoms with Crippen LogP contribution in [-0.4, -0.2) is 40.2 Å². The Labute approximate surface area is 132 Å². The molecule has 2 aliphatic rings. The average molecular weight is 312 g/mol. The number of hydrogen-bond acceptors (Lipinski definition) is 3. The van der Waals surface area contributed by atoms with E-state index >= 15 is 0 Å². The maximum atomic E-state index is 6.29. The van der Waals surface area contributed by atoms with Crippen molar-refractivity contribution in [3.05, 3.63) is 16.7 Å². The largest absolute Gasteiger partial charge is 0.372 e. The zero-order chi connectivity index (χ0) is 14.7. The molecule has 1 aliphatic heterocycles. The number of hydrogen-bond donors (Lipinski definition) is 1. The third kappa shape index (κ3) is 3.61. The van der Waals surface area contributed by atoms with Crippen molar-refractivity contribution in [2.45, 2.75) is 64.0 Å². The number of aromatic amines is 1. The van der Waals surface area contributed by atoms with Crippen LogP contribution in [-0.2, 0) is 17.7 Å². The molecule has 0 amide bonds. The van der Waals surface area contributed by atoms with E-state index in [4.69, 9.17) is 16.3 Å². The Kier molecular flexibility index (Phi) is 4.87. The number of imidazole rings is 1. The minimum atomic E-state index is 0.121. The normalized spacial score (nSPS) is 22.2. The summed E-state index contributed by atoms with van der Waals surface area (Å²) in [5.41, 5.74) is 1.19. The number of nitrogens with one attached hydrogen (secondary N) is 1. The summed E-state index contributed by atoms with van der Waals surface area (Å²) in [6.45, 7) is 5.92. The van der Waals surface area contributed by atoms with E-state index < -0.39 is 0 Å². The van der Waals surface area contributed by atoms with Gasteiger partial charge >= 0.3 is 0 Å². The molecule has 1 spiro atoms. The molecule has 1 N–H and O–H groups in total. The molecule has 118 valence electrons. The fourth-order valence-electron chi connectivity index (χ4n) is 3.61. The fraction of sp³-hybridized carbons (Fsp3) is 0.812. The van der Waals surface area contributed by atoms with Gasteiger partial charge in [-0.3, -0.25) is 4.90 Å². The van der Waals surface area contributed by atoms with Crippen molar-refractivity contribution in [1.29, 1.82) is 0 Å². The van der Waals surface area contributed by atoms with Crippen molar-refractivity contribution in [1.82, 2.24) is 14.9 Å². The highest BCUT2D eigenvalue weighted by Gasteiger charge is 2.39. The number of unbranched alkanes of at least 4 members (excludes halogenated alkanes) is 1. The van der Waals surface area contributed by atoms with Crippen LogP contribution in [0.15, 0.2) is 0 Å². The highest BCUT2D eigenvalue weighted by molar-refractivity contribution is 6.30. The zero-order valence-electron chi connectivity index (χ0n) is 13.0. The van der Waals surface area contributed by atoms with Gasteiger partial charge in [-0.05, 0) is 19.3 Å². The molecule has 0 atom stereocenters. The Bertz CT molecular complexity index is 468. The highest BCUT2D eigenvalue weighted by atomic mass is 35.5. The molecule has 21 heavy (non-hydrogen) atoms. The fourth-order valence-corrected chi connectivity index (χ4v) is 3.82. The Morgan fingerprint density at radius 1 is 1.38 bits per heavy atom. The van der Waals surface area contributed by atoms with Crippen LogP contribution in [0.3, 0.4) is 0 Å². The molecule has 1 saturated carbocycles. The molecule has 1 aliphatic carbocycles. The van der Waals surface area contributed by atoms with Gasteiger partial charge in [0.25, 0.3) is 0 Å². The minimum absolute atomic E-state index is 0.121. The van der Waals surface area contributed by atoms with E-state index in [-0.39, 0.29) is 5.60 Å². The van der Waals surface area contributed by atoms with Crippen molar-refractivity contribution in [3.8, 4) is 0 Å². The van der Waals surface area contributed by atoms with Gasteiger partial charge in [-0.1, -0.05) is 37.8 Å². The van der Waals surface area contributed by atoms with Crippen molar-refractivity contribution >= 4 is 11.6 Å². The summed E-state index contributed by atoms with van der Waals surface area (Å²) >= 11 is 6.29. The molecule has 0 radical (unpaired) electrons. The molecule has 0 bridgehead atoms. The van der Waals surface area contributed by atoms with Crippen LogP contribution in [0.5, 0.6) is 0 Å². The smallest absolute Gasteiger partial charge is 0.151 e. The lowest BCUT2D eigenvalue weighted by Crippen LogP contribution is -2.49. The van der Waals surface area contributed by atoms with E-state index in [1.165, 1.54) is 32.1 Å². The van der Waals surface area contributed by atoms with Crippen molar-refractivity contribution in [2.24, 2.45) is 0 Å². The minimum Gasteiger partial charge on any atom is -0.372 e. The summed E-state index contributed by atoms with van der Waals surface area (Å²) in [7, 11) is 0. The van der Waals surface area contributed by atoms with Crippen LogP contribution in [0.1, 0.15) is 57.0 Å². The van der Waals surface area contributed by atoms with Gasteiger partial charge in [0.2, 0.25) is 0 Å². The molecule has 2 heterocycles. The van der Waals surface area contributed by atoms with Crippen molar-refractivity contribution < 1.29 is 4.74 Å². The summed E-state index contributed by atoms with van der Waals surface area (Å²) in [5, 5.41) is 0.646. The third-order valence-corrected chi connectivity index (χ3v) is 5.08. The van der Waals surface area contributed by atoms with Crippen molar-refractivity contribution in [2.75, 3.05) is 19.7 Å². The van der Waals surface area contributed by atoms with E-state index in [0.29, 0.717) is 5.15 Å². The van der Waals surface area contributed by atoms with Crippen LogP contribution in [0, 0.1) is 0 Å². The second kappa shape index (κ2) is 6.67. The molecule has 1 aromatic rings. The lowest BCUT2D eigenvalue weighted by Gasteiger charge is -2.40. The first-order valence-electron chi connectivity index (χ1n) is 8.30. The van der Waals surface area contributed by atoms with Crippen LogP contribution >= 0.6 is 11.6 Å². The second-order valence-electron chi connectivity index (χ2n) is 6.51. The Morgan fingerprint density at radius 3 is 2.95 bits per heavy atom. The summed E-state index contributed by atoms with van der Waals surface area (Å²) < 4.78 is 6.08. The van der Waals surface area contributed by atoms with Crippen molar-refractivity contribution in [3.63, 3.8) is 0 Å². The standard InChI is InChI=1S/C16H26ClN3O/c1-2-3-6-14-18-13(15(17)19-14)11-20-9-10-21-16(12-20)7-4-5-8-16/h2-12H2,1H3,(H,18,19). The summed E-state index contributed by atoms with van der Waals surface area (Å²) in [6.07, 6.45) is 8.36. The van der Waals surface area contributed by atoms with Gasteiger partial charge in [-0.2, -0.15) is 0 Å². The molecule has 1 aromatic heterocycles. The van der Waals surface area contributed by atoms with Crippen LogP contribution in [0.4, 0.5) is 0 Å². The maximum Gasteiger partial charge on any atom is 0.151 e. The summed E-state index contributed by atoms with van der Waals surface area (Å²) in [5.74, 6) is 1.03. The van der Waals surface area contributed by atoms with Gasteiger partial charge in [0, 0.05) is 26.1 Å². The topological polar surface area (TPSA) is 41.2 Å². The number of ether oxygens (including phenoxy) is 1. The SMILES string of the molecule is CCCCc1nc(Cl)c(CN2CCOC3(CCCC3)C2)[nH]1. The van der Waals surface area contributed by atoms with E-state index in [0.717, 1.165) is 50.6 Å². The third-order valence-electron chi connectivity index (χ3n) is 4.77. The zero-order valence-corrected chi connectivity index (χ0v) is 13.7. The summed E-state index contributed by atoms with van der Waals surface area (Å²) in [4.78, 5) is 10.3. The first kappa shape index (κ1) is 15.3. The molecule has 5 heteroatoms. The Balaban J connectivity index is 1.61. The summed E-state index contributed by atoms with van der Waals surface area (Å²) in [6, 6.07) is 0. The van der Waals surface area contributed by atoms with E-state index in [2.05, 4.69) is 21.8 Å². The van der Waals surface area contributed by atoms with Gasteiger partial charge < -0.3 is 9.72 Å². The lowest BCUT2D eigenvalue weighted by atomic mass is 10.00. The van der Waals surface area contributed by atoms with Crippen LogP contribution in [0.25, 0.3) is 0 Å². The van der Waals surface area contributed by atoms with Gasteiger partial charge in [0.15, 0.2) is 5.15 Å². The molecule has 1 saturated heterocycles. The number of halogens is 1. The predicted molar refractivity (Wildman–Crippen MR) is 84.6 cm³/mol. The average Bonchev–Trinajstić information content (AvgIpc) is 3.05. The lowest BCUT2D eigenvalue weighted by molar-refractivity contribution is -0.107.